The van der Waals surface area contributed by atoms with Gasteiger partial charge in [0, 0.05) is 17.3 Å². The molecule has 0 atom stereocenters. The molecule has 0 bridgehead atoms. The van der Waals surface area contributed by atoms with E-state index in [9.17, 15) is 18.0 Å². The Morgan fingerprint density at radius 2 is 2.19 bits per heavy atom. The van der Waals surface area contributed by atoms with Gasteiger partial charge in [-0.25, -0.2) is 4.98 Å². The van der Waals surface area contributed by atoms with E-state index in [4.69, 9.17) is 11.6 Å². The minimum Gasteiger partial charge on any atom is -0.403 e. The second-order valence-corrected chi connectivity index (χ2v) is 3.90. The lowest BCUT2D eigenvalue weighted by Gasteiger charge is -2.14. The molecule has 1 aromatic heterocycles. The number of aromatic nitrogens is 1. The van der Waals surface area contributed by atoms with Gasteiger partial charge in [-0.3, -0.25) is 4.79 Å². The number of aldehydes is 1. The molecule has 1 aromatic rings. The number of halogens is 5. The van der Waals surface area contributed by atoms with Crippen LogP contribution in [0.25, 0.3) is 0 Å². The molecular formula is C8H4ClF3INO2. The van der Waals surface area contributed by atoms with E-state index in [1.807, 2.05) is 0 Å². The predicted octanol–water partition coefficient (Wildman–Crippen LogP) is 3.14. The van der Waals surface area contributed by atoms with Crippen molar-refractivity contribution in [3.05, 3.63) is 21.0 Å². The zero-order chi connectivity index (χ0) is 12.3. The minimum absolute atomic E-state index is 0.00354. The normalized spacial score (nSPS) is 11.3. The van der Waals surface area contributed by atoms with Gasteiger partial charge in [0.1, 0.15) is 3.70 Å². The molecule has 8 heteroatoms. The zero-order valence-corrected chi connectivity index (χ0v) is 10.4. The van der Waals surface area contributed by atoms with E-state index in [0.29, 0.717) is 6.29 Å². The van der Waals surface area contributed by atoms with Crippen molar-refractivity contribution in [3.63, 3.8) is 0 Å². The summed E-state index contributed by atoms with van der Waals surface area (Å²) in [6.07, 6.45) is -3.32. The van der Waals surface area contributed by atoms with Gasteiger partial charge in [0.2, 0.25) is 0 Å². The van der Waals surface area contributed by atoms with E-state index in [1.54, 1.807) is 22.6 Å². The Kier molecular flexibility index (Phi) is 4.36. The lowest BCUT2D eigenvalue weighted by atomic mass is 10.1. The SMILES string of the molecule is O=Cc1cnc(I)c(OC(F)(F)F)c1CCl. The first-order valence-corrected chi connectivity index (χ1v) is 5.44. The molecule has 0 aromatic carbocycles. The fourth-order valence-electron chi connectivity index (χ4n) is 0.977. The van der Waals surface area contributed by atoms with E-state index < -0.39 is 12.1 Å². The van der Waals surface area contributed by atoms with Crippen LogP contribution in [0.5, 0.6) is 5.75 Å². The lowest BCUT2D eigenvalue weighted by Crippen LogP contribution is -2.19. The Hall–Kier alpha value is -0.570. The third-order valence-electron chi connectivity index (χ3n) is 1.61. The van der Waals surface area contributed by atoms with Gasteiger partial charge in [0.25, 0.3) is 0 Å². The van der Waals surface area contributed by atoms with Crippen LogP contribution in [0.1, 0.15) is 15.9 Å². The number of nitrogens with zero attached hydrogens (tertiary/aromatic N) is 1. The summed E-state index contributed by atoms with van der Waals surface area (Å²) in [5.41, 5.74) is -0.0388. The number of carbonyl (C=O) groups is 1. The smallest absolute Gasteiger partial charge is 0.403 e. The van der Waals surface area contributed by atoms with E-state index in [2.05, 4.69) is 9.72 Å². The van der Waals surface area contributed by atoms with Gasteiger partial charge in [-0.05, 0) is 22.6 Å². The second kappa shape index (κ2) is 5.17. The number of carbonyl (C=O) groups excluding carboxylic acids is 1. The van der Waals surface area contributed by atoms with E-state index in [-0.39, 0.29) is 20.7 Å². The van der Waals surface area contributed by atoms with Gasteiger partial charge in [-0.2, -0.15) is 0 Å². The van der Waals surface area contributed by atoms with E-state index in [1.165, 1.54) is 0 Å². The summed E-state index contributed by atoms with van der Waals surface area (Å²) < 4.78 is 40.0. The van der Waals surface area contributed by atoms with Crippen molar-refractivity contribution >= 4 is 40.5 Å². The lowest BCUT2D eigenvalue weighted by molar-refractivity contribution is -0.275. The first kappa shape index (κ1) is 13.5. The molecule has 0 saturated heterocycles. The highest BCUT2D eigenvalue weighted by molar-refractivity contribution is 14.1. The third-order valence-corrected chi connectivity index (χ3v) is 2.64. The summed E-state index contributed by atoms with van der Waals surface area (Å²) in [4.78, 5) is 14.2. The Morgan fingerprint density at radius 3 is 2.62 bits per heavy atom. The predicted molar refractivity (Wildman–Crippen MR) is 58.6 cm³/mol. The highest BCUT2D eigenvalue weighted by atomic mass is 127. The summed E-state index contributed by atoms with van der Waals surface area (Å²) in [6, 6.07) is 0. The number of rotatable bonds is 3. The summed E-state index contributed by atoms with van der Waals surface area (Å²) in [5, 5.41) is 0. The van der Waals surface area contributed by atoms with Crippen molar-refractivity contribution < 1.29 is 22.7 Å². The van der Waals surface area contributed by atoms with Crippen LogP contribution in [-0.4, -0.2) is 17.6 Å². The number of pyridine rings is 1. The van der Waals surface area contributed by atoms with Crippen LogP contribution in [0.15, 0.2) is 6.20 Å². The summed E-state index contributed by atoms with van der Waals surface area (Å²) >= 11 is 7.05. The molecule has 0 unspecified atom stereocenters. The third kappa shape index (κ3) is 3.21. The topological polar surface area (TPSA) is 39.2 Å². The Morgan fingerprint density at radius 1 is 1.56 bits per heavy atom. The standard InChI is InChI=1S/C8H4ClF3INO2/c9-1-5-4(3-15)2-14-7(13)6(5)16-8(10,11)12/h2-3H,1H2. The van der Waals surface area contributed by atoms with Crippen molar-refractivity contribution in [1.29, 1.82) is 0 Å². The molecule has 88 valence electrons. The highest BCUT2D eigenvalue weighted by Gasteiger charge is 2.33. The molecule has 1 heterocycles. The van der Waals surface area contributed by atoms with Crippen LogP contribution in [0.4, 0.5) is 13.2 Å². The van der Waals surface area contributed by atoms with Crippen molar-refractivity contribution in [3.8, 4) is 5.75 Å². The summed E-state index contributed by atoms with van der Waals surface area (Å²) in [7, 11) is 0. The van der Waals surface area contributed by atoms with Gasteiger partial charge in [0.05, 0.1) is 5.88 Å². The Balaban J connectivity index is 3.29. The van der Waals surface area contributed by atoms with Gasteiger partial charge in [-0.1, -0.05) is 0 Å². The molecule has 0 aliphatic heterocycles. The Labute approximate surface area is 107 Å². The maximum atomic E-state index is 12.1. The van der Waals surface area contributed by atoms with Crippen LogP contribution in [-0.2, 0) is 5.88 Å². The summed E-state index contributed by atoms with van der Waals surface area (Å²) in [6.45, 7) is 0. The van der Waals surface area contributed by atoms with Gasteiger partial charge < -0.3 is 4.74 Å². The molecule has 3 nitrogen and oxygen atoms in total. The highest BCUT2D eigenvalue weighted by Crippen LogP contribution is 2.32. The maximum absolute atomic E-state index is 12.1. The average molecular weight is 365 g/mol. The molecule has 1 rings (SSSR count). The van der Waals surface area contributed by atoms with Crippen LogP contribution in [0, 0.1) is 3.70 Å². The molecule has 0 aliphatic rings. The molecule has 0 radical (unpaired) electrons. The van der Waals surface area contributed by atoms with Crippen molar-refractivity contribution in [2.24, 2.45) is 0 Å². The number of hydrogen-bond donors (Lipinski definition) is 0. The second-order valence-electron chi connectivity index (χ2n) is 2.61. The van der Waals surface area contributed by atoms with Gasteiger partial charge in [-0.15, -0.1) is 24.8 Å². The minimum atomic E-state index is -4.84. The number of hydrogen-bond acceptors (Lipinski definition) is 3. The molecule has 0 saturated carbocycles. The first-order valence-electron chi connectivity index (χ1n) is 3.83. The summed E-state index contributed by atoms with van der Waals surface area (Å²) in [5.74, 6) is -0.787. The van der Waals surface area contributed by atoms with Gasteiger partial charge in [0.15, 0.2) is 12.0 Å². The molecule has 16 heavy (non-hydrogen) atoms. The fraction of sp³-hybridized carbons (Fsp3) is 0.250. The average Bonchev–Trinajstić information content (AvgIpc) is 2.19. The quantitative estimate of drug-likeness (QED) is 0.358. The molecule has 0 N–H and O–H groups in total. The molecule has 0 amide bonds. The van der Waals surface area contributed by atoms with E-state index >= 15 is 0 Å². The van der Waals surface area contributed by atoms with E-state index in [0.717, 1.165) is 6.20 Å². The largest absolute Gasteiger partial charge is 0.573 e. The number of ether oxygens (including phenoxy) is 1. The first-order chi connectivity index (χ1) is 7.39. The fourth-order valence-corrected chi connectivity index (χ4v) is 1.83. The Bertz CT molecular complexity index is 411. The van der Waals surface area contributed by atoms with Crippen LogP contribution >= 0.6 is 34.2 Å². The van der Waals surface area contributed by atoms with Crippen molar-refractivity contribution in [1.82, 2.24) is 4.98 Å². The van der Waals surface area contributed by atoms with Gasteiger partial charge >= 0.3 is 6.36 Å². The monoisotopic (exact) mass is 365 g/mol. The van der Waals surface area contributed by atoms with Crippen LogP contribution in [0.3, 0.4) is 0 Å². The van der Waals surface area contributed by atoms with Crippen LogP contribution < -0.4 is 4.74 Å². The maximum Gasteiger partial charge on any atom is 0.573 e. The molecular weight excluding hydrogens is 361 g/mol. The molecule has 0 aliphatic carbocycles. The molecule has 0 fully saturated rings. The number of alkyl halides is 4. The van der Waals surface area contributed by atoms with Crippen LogP contribution in [0.2, 0.25) is 0 Å². The van der Waals surface area contributed by atoms with Crippen molar-refractivity contribution in [2.45, 2.75) is 12.2 Å². The zero-order valence-electron chi connectivity index (χ0n) is 7.52. The molecule has 0 spiro atoms. The van der Waals surface area contributed by atoms with Crippen molar-refractivity contribution in [2.75, 3.05) is 0 Å².